The van der Waals surface area contributed by atoms with Crippen LogP contribution in [0.2, 0.25) is 0 Å². The maximum atomic E-state index is 12.3. The molecule has 0 spiro atoms. The van der Waals surface area contributed by atoms with E-state index in [1.165, 1.54) is 6.92 Å². The highest BCUT2D eigenvalue weighted by Gasteiger charge is 2.25. The Hall–Kier alpha value is -3.66. The molecule has 0 aliphatic heterocycles. The molecule has 0 saturated carbocycles. The molecule has 0 unspecified atom stereocenters. The van der Waals surface area contributed by atoms with Gasteiger partial charge < -0.3 is 20.1 Å². The van der Waals surface area contributed by atoms with Crippen molar-refractivity contribution in [1.82, 2.24) is 9.88 Å². The fourth-order valence-corrected chi connectivity index (χ4v) is 2.87. The Labute approximate surface area is 174 Å². The van der Waals surface area contributed by atoms with E-state index in [-0.39, 0.29) is 0 Å². The molecule has 6 heteroatoms. The smallest absolute Gasteiger partial charge is 0.251 e. The Morgan fingerprint density at radius 3 is 2.00 bits per heavy atom. The first-order chi connectivity index (χ1) is 14.5. The second-order valence-electron chi connectivity index (χ2n) is 6.78. The van der Waals surface area contributed by atoms with E-state index in [0.29, 0.717) is 5.56 Å². The first kappa shape index (κ1) is 21.1. The molecule has 0 aliphatic rings. The lowest BCUT2D eigenvalue weighted by Crippen LogP contribution is -2.48. The van der Waals surface area contributed by atoms with Crippen molar-refractivity contribution in [3.05, 3.63) is 89.7 Å². The predicted octanol–water partition coefficient (Wildman–Crippen LogP) is 1.92. The van der Waals surface area contributed by atoms with Crippen LogP contribution in [-0.2, 0) is 4.79 Å². The molecule has 3 aromatic rings. The third-order valence-electron chi connectivity index (χ3n) is 4.54. The van der Waals surface area contributed by atoms with Gasteiger partial charge in [-0.15, -0.1) is 0 Å². The molecule has 1 heterocycles. The van der Waals surface area contributed by atoms with Crippen molar-refractivity contribution in [3.8, 4) is 17.5 Å². The topological polar surface area (TPSA) is 91.6 Å². The van der Waals surface area contributed by atoms with Crippen LogP contribution in [0.25, 0.3) is 5.69 Å². The molecule has 0 aliphatic carbocycles. The lowest BCUT2D eigenvalue weighted by Gasteiger charge is -2.19. The fourth-order valence-electron chi connectivity index (χ4n) is 2.87. The molecule has 152 valence electrons. The second kappa shape index (κ2) is 9.70. The Morgan fingerprint density at radius 1 is 0.967 bits per heavy atom. The van der Waals surface area contributed by atoms with Gasteiger partial charge in [-0.25, -0.2) is 0 Å². The number of aliphatic hydroxyl groups excluding tert-OH is 2. The van der Waals surface area contributed by atoms with Gasteiger partial charge in [-0.2, -0.15) is 0 Å². The van der Waals surface area contributed by atoms with Crippen LogP contribution < -0.4 is 5.32 Å². The quantitative estimate of drug-likeness (QED) is 0.550. The lowest BCUT2D eigenvalue weighted by atomic mass is 10.1. The second-order valence-corrected chi connectivity index (χ2v) is 6.78. The van der Waals surface area contributed by atoms with Gasteiger partial charge in [0, 0.05) is 34.8 Å². The SMILES string of the molecule is C[C@@H](O)[C@H](NC(=O)c1ccc(C#Cc2ccc(-n3cccc3)cc2)cc1)C(=O)CO. The van der Waals surface area contributed by atoms with Gasteiger partial charge in [-0.3, -0.25) is 9.59 Å². The van der Waals surface area contributed by atoms with Crippen LogP contribution in [0.5, 0.6) is 0 Å². The summed E-state index contributed by atoms with van der Waals surface area (Å²) in [6.45, 7) is 0.624. The van der Waals surface area contributed by atoms with Gasteiger partial charge in [0.2, 0.25) is 0 Å². The van der Waals surface area contributed by atoms with Crippen molar-refractivity contribution in [3.63, 3.8) is 0 Å². The average Bonchev–Trinajstić information content (AvgIpc) is 3.31. The minimum Gasteiger partial charge on any atom is -0.391 e. The van der Waals surface area contributed by atoms with Crippen LogP contribution >= 0.6 is 0 Å². The molecule has 2 aromatic carbocycles. The van der Waals surface area contributed by atoms with Crippen molar-refractivity contribution in [2.24, 2.45) is 0 Å². The van der Waals surface area contributed by atoms with Crippen molar-refractivity contribution >= 4 is 11.7 Å². The van der Waals surface area contributed by atoms with Gasteiger partial charge in [0.25, 0.3) is 5.91 Å². The van der Waals surface area contributed by atoms with E-state index in [4.69, 9.17) is 5.11 Å². The number of amides is 1. The van der Waals surface area contributed by atoms with Crippen LogP contribution in [0.1, 0.15) is 28.4 Å². The molecule has 6 nitrogen and oxygen atoms in total. The molecular weight excluding hydrogens is 380 g/mol. The number of hydrogen-bond donors (Lipinski definition) is 3. The summed E-state index contributed by atoms with van der Waals surface area (Å²) < 4.78 is 2.01. The number of hydrogen-bond acceptors (Lipinski definition) is 4. The summed E-state index contributed by atoms with van der Waals surface area (Å²) >= 11 is 0. The fraction of sp³-hybridized carbons (Fsp3) is 0.167. The van der Waals surface area contributed by atoms with Crippen LogP contribution in [0.4, 0.5) is 0 Å². The highest BCUT2D eigenvalue weighted by Crippen LogP contribution is 2.10. The molecule has 1 amide bonds. The molecule has 3 N–H and O–H groups in total. The third kappa shape index (κ3) is 5.23. The first-order valence-corrected chi connectivity index (χ1v) is 9.46. The van der Waals surface area contributed by atoms with Crippen LogP contribution in [0, 0.1) is 11.8 Å². The zero-order chi connectivity index (χ0) is 21.5. The van der Waals surface area contributed by atoms with E-state index in [1.54, 1.807) is 24.3 Å². The van der Waals surface area contributed by atoms with E-state index < -0.39 is 30.4 Å². The molecule has 0 fully saturated rings. The third-order valence-corrected chi connectivity index (χ3v) is 4.54. The average molecular weight is 402 g/mol. The van der Waals surface area contributed by atoms with Crippen LogP contribution in [0.3, 0.4) is 0 Å². The Balaban J connectivity index is 1.66. The summed E-state index contributed by atoms with van der Waals surface area (Å²) in [5.41, 5.74) is 2.98. The molecular formula is C24H22N2O4. The number of carbonyl (C=O) groups excluding carboxylic acids is 2. The van der Waals surface area contributed by atoms with E-state index in [9.17, 15) is 14.7 Å². The highest BCUT2D eigenvalue weighted by molar-refractivity contribution is 5.98. The highest BCUT2D eigenvalue weighted by atomic mass is 16.3. The molecule has 0 radical (unpaired) electrons. The van der Waals surface area contributed by atoms with Crippen LogP contribution in [-0.4, -0.2) is 45.2 Å². The van der Waals surface area contributed by atoms with Gasteiger partial charge in [0.1, 0.15) is 12.6 Å². The van der Waals surface area contributed by atoms with E-state index in [0.717, 1.165) is 16.8 Å². The zero-order valence-corrected chi connectivity index (χ0v) is 16.4. The minimum absolute atomic E-state index is 0.327. The maximum Gasteiger partial charge on any atom is 0.251 e. The first-order valence-electron chi connectivity index (χ1n) is 9.46. The molecule has 3 rings (SSSR count). The number of carbonyl (C=O) groups is 2. The van der Waals surface area contributed by atoms with Crippen molar-refractivity contribution in [1.29, 1.82) is 0 Å². The monoisotopic (exact) mass is 402 g/mol. The van der Waals surface area contributed by atoms with Gasteiger partial charge in [0.05, 0.1) is 6.10 Å². The minimum atomic E-state index is -1.16. The summed E-state index contributed by atoms with van der Waals surface area (Å²) in [6.07, 6.45) is 2.84. The van der Waals surface area contributed by atoms with Crippen molar-refractivity contribution in [2.45, 2.75) is 19.1 Å². The Morgan fingerprint density at radius 2 is 1.50 bits per heavy atom. The van der Waals surface area contributed by atoms with Gasteiger partial charge in [-0.1, -0.05) is 11.8 Å². The van der Waals surface area contributed by atoms with E-state index in [1.807, 2.05) is 53.4 Å². The molecule has 1 aromatic heterocycles. The Bertz CT molecular complexity index is 1060. The Kier molecular flexibility index (Phi) is 6.81. The summed E-state index contributed by atoms with van der Waals surface area (Å²) in [5, 5.41) is 21.0. The zero-order valence-electron chi connectivity index (χ0n) is 16.4. The molecule has 0 bridgehead atoms. The van der Waals surface area contributed by atoms with Gasteiger partial charge in [-0.05, 0) is 67.6 Å². The van der Waals surface area contributed by atoms with E-state index >= 15 is 0 Å². The van der Waals surface area contributed by atoms with Crippen LogP contribution in [0.15, 0.2) is 73.1 Å². The number of benzene rings is 2. The predicted molar refractivity (Wildman–Crippen MR) is 113 cm³/mol. The van der Waals surface area contributed by atoms with Crippen molar-refractivity contribution in [2.75, 3.05) is 6.61 Å². The summed E-state index contributed by atoms with van der Waals surface area (Å²) in [4.78, 5) is 23.9. The normalized spacial score (nSPS) is 12.4. The summed E-state index contributed by atoms with van der Waals surface area (Å²) in [6, 6.07) is 17.2. The standard InChI is InChI=1S/C24H22N2O4/c1-17(28)23(22(29)16-27)25-24(30)20-10-6-18(7-11-20)4-5-19-8-12-21(13-9-19)26-14-2-3-15-26/h2-3,6-15,17,23,27-28H,16H2,1H3,(H,25,30)/t17-,23+/m1/s1. The number of nitrogens with zero attached hydrogens (tertiary/aromatic N) is 1. The largest absolute Gasteiger partial charge is 0.391 e. The number of rotatable bonds is 6. The maximum absolute atomic E-state index is 12.3. The molecule has 30 heavy (non-hydrogen) atoms. The van der Waals surface area contributed by atoms with Gasteiger partial charge >= 0.3 is 0 Å². The van der Waals surface area contributed by atoms with Crippen molar-refractivity contribution < 1.29 is 19.8 Å². The molecule has 0 saturated heterocycles. The number of Topliss-reactive ketones (excluding diaryl/α,β-unsaturated/α-hetero) is 1. The number of ketones is 1. The lowest BCUT2D eigenvalue weighted by molar-refractivity contribution is -0.125. The summed E-state index contributed by atoms with van der Waals surface area (Å²) in [5.74, 6) is 4.98. The summed E-state index contributed by atoms with van der Waals surface area (Å²) in [7, 11) is 0. The van der Waals surface area contributed by atoms with Gasteiger partial charge in [0.15, 0.2) is 5.78 Å². The number of nitrogens with one attached hydrogen (secondary N) is 1. The number of aliphatic hydroxyl groups is 2. The van der Waals surface area contributed by atoms with E-state index in [2.05, 4.69) is 17.2 Å². The molecule has 2 atom stereocenters. The number of aromatic nitrogens is 1.